The maximum absolute atomic E-state index is 9.20. The van der Waals surface area contributed by atoms with Gasteiger partial charge in [-0.05, 0) is 30.2 Å². The Morgan fingerprint density at radius 2 is 2.05 bits per heavy atom. The fraction of sp³-hybridized carbons (Fsp3) is 0.600. The predicted octanol–water partition coefficient (Wildman–Crippen LogP) is 3.05. The van der Waals surface area contributed by atoms with Gasteiger partial charge in [-0.1, -0.05) is 32.4 Å². The average molecular weight is 285 g/mol. The van der Waals surface area contributed by atoms with Gasteiger partial charge in [0.15, 0.2) is 0 Å². The number of nitrogens with zero attached hydrogens (tertiary/aromatic N) is 1. The molecule has 0 bridgehead atoms. The predicted molar refractivity (Wildman–Crippen MR) is 83.0 cm³/mol. The lowest BCUT2D eigenvalue weighted by molar-refractivity contribution is 0.301. The summed E-state index contributed by atoms with van der Waals surface area (Å²) >= 11 is 6.10. The van der Waals surface area contributed by atoms with Gasteiger partial charge in [-0.2, -0.15) is 0 Å². The Hall–Kier alpha value is -0.770. The average Bonchev–Trinajstić information content (AvgIpc) is 2.36. The third-order valence-electron chi connectivity index (χ3n) is 2.95. The third-order valence-corrected chi connectivity index (χ3v) is 3.18. The second-order valence-electron chi connectivity index (χ2n) is 5.02. The minimum absolute atomic E-state index is 0.166. The molecule has 19 heavy (non-hydrogen) atoms. The molecule has 1 aromatic carbocycles. The Morgan fingerprint density at radius 3 is 2.63 bits per heavy atom. The van der Waals surface area contributed by atoms with E-state index in [-0.39, 0.29) is 6.61 Å². The summed E-state index contributed by atoms with van der Waals surface area (Å²) in [6, 6.07) is 6.40. The Labute approximate surface area is 121 Å². The summed E-state index contributed by atoms with van der Waals surface area (Å²) in [7, 11) is 0. The molecule has 2 N–H and O–H groups in total. The first-order valence-electron chi connectivity index (χ1n) is 6.96. The quantitative estimate of drug-likeness (QED) is 0.770. The minimum Gasteiger partial charge on any atom is -0.395 e. The maximum atomic E-state index is 9.20. The van der Waals surface area contributed by atoms with Crippen molar-refractivity contribution in [3.05, 3.63) is 28.8 Å². The zero-order valence-corrected chi connectivity index (χ0v) is 12.9. The van der Waals surface area contributed by atoms with E-state index in [2.05, 4.69) is 31.0 Å². The number of rotatable bonds is 8. The number of hydrogen-bond donors (Lipinski definition) is 2. The Kier molecular flexibility index (Phi) is 7.21. The van der Waals surface area contributed by atoms with Crippen LogP contribution >= 0.6 is 11.6 Å². The van der Waals surface area contributed by atoms with E-state index in [0.29, 0.717) is 12.6 Å². The molecule has 0 fully saturated rings. The van der Waals surface area contributed by atoms with Crippen molar-refractivity contribution in [1.29, 1.82) is 0 Å². The summed E-state index contributed by atoms with van der Waals surface area (Å²) in [5.41, 5.74) is 2.34. The number of hydrogen-bond acceptors (Lipinski definition) is 3. The first-order valence-corrected chi connectivity index (χ1v) is 7.33. The molecule has 0 aromatic heterocycles. The summed E-state index contributed by atoms with van der Waals surface area (Å²) in [5.74, 6) is 0. The highest BCUT2D eigenvalue weighted by molar-refractivity contribution is 6.30. The van der Waals surface area contributed by atoms with E-state index in [1.165, 1.54) is 5.56 Å². The second-order valence-corrected chi connectivity index (χ2v) is 5.46. The fourth-order valence-corrected chi connectivity index (χ4v) is 2.26. The van der Waals surface area contributed by atoms with E-state index >= 15 is 0 Å². The lowest BCUT2D eigenvalue weighted by atomic mass is 10.1. The van der Waals surface area contributed by atoms with E-state index < -0.39 is 0 Å². The molecule has 0 unspecified atom stereocenters. The molecule has 0 aliphatic heterocycles. The molecule has 0 radical (unpaired) electrons. The normalized spacial score (nSPS) is 11.1. The summed E-state index contributed by atoms with van der Waals surface area (Å²) in [5, 5.41) is 13.4. The number of anilines is 1. The van der Waals surface area contributed by atoms with E-state index in [0.717, 1.165) is 30.2 Å². The third kappa shape index (κ3) is 5.39. The van der Waals surface area contributed by atoms with Gasteiger partial charge < -0.3 is 15.3 Å². The standard InChI is InChI=1S/C15H25ClN2O/c1-4-7-18(8-9-19)15-6-5-14(16)10-13(15)11-17-12(2)3/h5-6,10,12,17,19H,4,7-9,11H2,1-3H3. The first kappa shape index (κ1) is 16.3. The maximum Gasteiger partial charge on any atom is 0.0606 e. The highest BCUT2D eigenvalue weighted by atomic mass is 35.5. The molecule has 0 atom stereocenters. The highest BCUT2D eigenvalue weighted by Gasteiger charge is 2.11. The topological polar surface area (TPSA) is 35.5 Å². The van der Waals surface area contributed by atoms with Crippen LogP contribution in [0, 0.1) is 0 Å². The zero-order chi connectivity index (χ0) is 14.3. The Morgan fingerprint density at radius 1 is 1.32 bits per heavy atom. The Balaban J connectivity index is 2.95. The molecule has 1 rings (SSSR count). The molecule has 0 saturated carbocycles. The van der Waals surface area contributed by atoms with Crippen molar-refractivity contribution in [2.75, 3.05) is 24.6 Å². The van der Waals surface area contributed by atoms with E-state index in [4.69, 9.17) is 11.6 Å². The van der Waals surface area contributed by atoms with Crippen molar-refractivity contribution in [2.24, 2.45) is 0 Å². The molecule has 3 nitrogen and oxygen atoms in total. The van der Waals surface area contributed by atoms with Crippen LogP contribution in [-0.2, 0) is 6.54 Å². The lowest BCUT2D eigenvalue weighted by Gasteiger charge is -2.26. The highest BCUT2D eigenvalue weighted by Crippen LogP contribution is 2.24. The summed E-state index contributed by atoms with van der Waals surface area (Å²) in [4.78, 5) is 2.22. The largest absolute Gasteiger partial charge is 0.395 e. The lowest BCUT2D eigenvalue weighted by Crippen LogP contribution is -2.30. The van der Waals surface area contributed by atoms with Gasteiger partial charge in [0.2, 0.25) is 0 Å². The Bertz CT molecular complexity index is 376. The SMILES string of the molecule is CCCN(CCO)c1ccc(Cl)cc1CNC(C)C. The van der Waals surface area contributed by atoms with Gasteiger partial charge in [0.05, 0.1) is 6.61 Å². The van der Waals surface area contributed by atoms with E-state index in [1.54, 1.807) is 0 Å². The monoisotopic (exact) mass is 284 g/mol. The van der Waals surface area contributed by atoms with Crippen LogP contribution in [0.1, 0.15) is 32.8 Å². The summed E-state index contributed by atoms with van der Waals surface area (Å²) < 4.78 is 0. The van der Waals surface area contributed by atoms with Gasteiger partial charge in [-0.25, -0.2) is 0 Å². The number of nitrogens with one attached hydrogen (secondary N) is 1. The minimum atomic E-state index is 0.166. The van der Waals surface area contributed by atoms with Gasteiger partial charge in [-0.3, -0.25) is 0 Å². The van der Waals surface area contributed by atoms with Crippen molar-refractivity contribution in [3.63, 3.8) is 0 Å². The number of aliphatic hydroxyl groups excluding tert-OH is 1. The van der Waals surface area contributed by atoms with Crippen LogP contribution in [0.3, 0.4) is 0 Å². The van der Waals surface area contributed by atoms with Crippen molar-refractivity contribution in [2.45, 2.75) is 39.8 Å². The molecule has 108 valence electrons. The van der Waals surface area contributed by atoms with Gasteiger partial charge in [0, 0.05) is 36.4 Å². The van der Waals surface area contributed by atoms with Crippen LogP contribution in [0.5, 0.6) is 0 Å². The molecule has 0 aliphatic rings. The molecule has 0 heterocycles. The molecular weight excluding hydrogens is 260 g/mol. The molecule has 0 aliphatic carbocycles. The zero-order valence-electron chi connectivity index (χ0n) is 12.1. The van der Waals surface area contributed by atoms with Crippen LogP contribution < -0.4 is 10.2 Å². The van der Waals surface area contributed by atoms with Crippen LogP contribution in [0.2, 0.25) is 5.02 Å². The van der Waals surface area contributed by atoms with E-state index in [1.807, 2.05) is 18.2 Å². The van der Waals surface area contributed by atoms with Gasteiger partial charge >= 0.3 is 0 Å². The van der Waals surface area contributed by atoms with Crippen LogP contribution in [-0.4, -0.2) is 30.8 Å². The van der Waals surface area contributed by atoms with Gasteiger partial charge in [0.25, 0.3) is 0 Å². The smallest absolute Gasteiger partial charge is 0.0606 e. The molecule has 1 aromatic rings. The van der Waals surface area contributed by atoms with Crippen LogP contribution in [0.25, 0.3) is 0 Å². The van der Waals surface area contributed by atoms with Crippen LogP contribution in [0.15, 0.2) is 18.2 Å². The van der Waals surface area contributed by atoms with Crippen molar-refractivity contribution >= 4 is 17.3 Å². The molecule has 0 spiro atoms. The fourth-order valence-electron chi connectivity index (χ4n) is 2.06. The second kappa shape index (κ2) is 8.41. The van der Waals surface area contributed by atoms with Gasteiger partial charge in [0.1, 0.15) is 0 Å². The van der Waals surface area contributed by atoms with Crippen LogP contribution in [0.4, 0.5) is 5.69 Å². The molecule has 0 amide bonds. The summed E-state index contributed by atoms with van der Waals surface area (Å²) in [6.45, 7) is 8.95. The number of benzene rings is 1. The molecular formula is C15H25ClN2O. The van der Waals surface area contributed by atoms with Gasteiger partial charge in [-0.15, -0.1) is 0 Å². The molecule has 0 saturated heterocycles. The number of halogens is 1. The molecule has 4 heteroatoms. The van der Waals surface area contributed by atoms with E-state index in [9.17, 15) is 5.11 Å². The summed E-state index contributed by atoms with van der Waals surface area (Å²) in [6.07, 6.45) is 1.06. The number of aliphatic hydroxyl groups is 1. The van der Waals surface area contributed by atoms with Crippen molar-refractivity contribution < 1.29 is 5.11 Å². The van der Waals surface area contributed by atoms with Crippen molar-refractivity contribution in [1.82, 2.24) is 5.32 Å². The first-order chi connectivity index (χ1) is 9.08. The van der Waals surface area contributed by atoms with Crippen molar-refractivity contribution in [3.8, 4) is 0 Å².